The Morgan fingerprint density at radius 3 is 2.42 bits per heavy atom. The molecule has 2 aliphatic rings. The number of benzene rings is 2. The Balaban J connectivity index is 1.38. The lowest BCUT2D eigenvalue weighted by atomic mass is 10.1. The molecule has 0 amide bonds. The molecule has 4 rings (SSSR count). The SMILES string of the molecule is O=C(Cc1ccc2c(c1)OCCO2)OCc1cc(Cl)c2c(c1)OCCO2. The van der Waals surface area contributed by atoms with Gasteiger partial charge < -0.3 is 23.7 Å². The molecule has 0 aromatic heterocycles. The van der Waals surface area contributed by atoms with Crippen LogP contribution >= 0.6 is 11.6 Å². The highest BCUT2D eigenvalue weighted by Crippen LogP contribution is 2.38. The van der Waals surface area contributed by atoms with Crippen molar-refractivity contribution in [3.63, 3.8) is 0 Å². The van der Waals surface area contributed by atoms with E-state index in [-0.39, 0.29) is 19.0 Å². The summed E-state index contributed by atoms with van der Waals surface area (Å²) in [6, 6.07) is 8.92. The summed E-state index contributed by atoms with van der Waals surface area (Å²) in [6.07, 6.45) is 0.148. The highest BCUT2D eigenvalue weighted by molar-refractivity contribution is 6.32. The summed E-state index contributed by atoms with van der Waals surface area (Å²) in [4.78, 5) is 12.1. The van der Waals surface area contributed by atoms with Crippen LogP contribution in [0.15, 0.2) is 30.3 Å². The van der Waals surface area contributed by atoms with Crippen LogP contribution < -0.4 is 18.9 Å². The van der Waals surface area contributed by atoms with Crippen molar-refractivity contribution in [1.29, 1.82) is 0 Å². The van der Waals surface area contributed by atoms with Gasteiger partial charge in [0.05, 0.1) is 11.4 Å². The lowest BCUT2D eigenvalue weighted by molar-refractivity contribution is -0.144. The number of halogens is 1. The summed E-state index contributed by atoms with van der Waals surface area (Å²) in [6.45, 7) is 2.09. The van der Waals surface area contributed by atoms with E-state index in [4.69, 9.17) is 35.3 Å². The lowest BCUT2D eigenvalue weighted by Crippen LogP contribution is -2.16. The van der Waals surface area contributed by atoms with E-state index in [1.165, 1.54) is 0 Å². The van der Waals surface area contributed by atoms with Gasteiger partial charge in [-0.15, -0.1) is 0 Å². The average molecular weight is 377 g/mol. The first-order valence-corrected chi connectivity index (χ1v) is 8.69. The van der Waals surface area contributed by atoms with Crippen molar-refractivity contribution in [3.05, 3.63) is 46.5 Å². The third-order valence-electron chi connectivity index (χ3n) is 4.01. The molecule has 2 heterocycles. The van der Waals surface area contributed by atoms with Crippen LogP contribution in [0.5, 0.6) is 23.0 Å². The standard InChI is InChI=1S/C19H17ClO6/c20-14-7-13(9-17-19(14)25-6-5-24-17)11-26-18(21)10-12-1-2-15-16(8-12)23-4-3-22-15/h1-2,7-9H,3-6,10-11H2. The highest BCUT2D eigenvalue weighted by Gasteiger charge is 2.18. The van der Waals surface area contributed by atoms with E-state index in [2.05, 4.69) is 0 Å². The first-order valence-electron chi connectivity index (χ1n) is 8.31. The monoisotopic (exact) mass is 376 g/mol. The number of ether oxygens (including phenoxy) is 5. The molecular weight excluding hydrogens is 360 g/mol. The zero-order valence-corrected chi connectivity index (χ0v) is 14.7. The van der Waals surface area contributed by atoms with Gasteiger partial charge in [-0.25, -0.2) is 0 Å². The fourth-order valence-electron chi connectivity index (χ4n) is 2.83. The highest BCUT2D eigenvalue weighted by atomic mass is 35.5. The van der Waals surface area contributed by atoms with Crippen LogP contribution in [0.2, 0.25) is 5.02 Å². The van der Waals surface area contributed by atoms with Crippen LogP contribution in [0.4, 0.5) is 0 Å². The van der Waals surface area contributed by atoms with Crippen LogP contribution in [0, 0.1) is 0 Å². The number of carbonyl (C=O) groups is 1. The molecule has 0 spiro atoms. The van der Waals surface area contributed by atoms with Gasteiger partial charge in [-0.05, 0) is 35.4 Å². The molecular formula is C19H17ClO6. The van der Waals surface area contributed by atoms with Gasteiger partial charge in [0.15, 0.2) is 23.0 Å². The van der Waals surface area contributed by atoms with E-state index in [9.17, 15) is 4.79 Å². The maximum atomic E-state index is 12.1. The number of hydrogen-bond donors (Lipinski definition) is 0. The predicted octanol–water partition coefficient (Wildman–Crippen LogP) is 3.17. The molecule has 2 aromatic rings. The second kappa shape index (κ2) is 7.33. The molecule has 26 heavy (non-hydrogen) atoms. The summed E-state index contributed by atoms with van der Waals surface area (Å²) in [7, 11) is 0. The summed E-state index contributed by atoms with van der Waals surface area (Å²) in [5.41, 5.74) is 1.55. The van der Waals surface area contributed by atoms with Crippen LogP contribution in [0.3, 0.4) is 0 Å². The van der Waals surface area contributed by atoms with Gasteiger partial charge in [0.25, 0.3) is 0 Å². The van der Waals surface area contributed by atoms with E-state index in [0.29, 0.717) is 54.4 Å². The Morgan fingerprint density at radius 2 is 1.58 bits per heavy atom. The van der Waals surface area contributed by atoms with E-state index in [1.807, 2.05) is 6.07 Å². The van der Waals surface area contributed by atoms with E-state index < -0.39 is 0 Å². The normalized spacial score (nSPS) is 14.7. The van der Waals surface area contributed by atoms with Gasteiger partial charge in [-0.2, -0.15) is 0 Å². The van der Waals surface area contributed by atoms with Crippen molar-refractivity contribution in [2.45, 2.75) is 13.0 Å². The van der Waals surface area contributed by atoms with Crippen molar-refractivity contribution in [2.24, 2.45) is 0 Å². The van der Waals surface area contributed by atoms with Crippen molar-refractivity contribution < 1.29 is 28.5 Å². The third kappa shape index (κ3) is 3.65. The van der Waals surface area contributed by atoms with E-state index >= 15 is 0 Å². The Kier molecular flexibility index (Phi) is 4.75. The molecule has 0 bridgehead atoms. The molecule has 0 saturated heterocycles. The Morgan fingerprint density at radius 1 is 0.885 bits per heavy atom. The topological polar surface area (TPSA) is 63.2 Å². The van der Waals surface area contributed by atoms with Gasteiger partial charge in [-0.3, -0.25) is 4.79 Å². The maximum Gasteiger partial charge on any atom is 0.310 e. The first kappa shape index (κ1) is 16.8. The quantitative estimate of drug-likeness (QED) is 0.764. The minimum atomic E-state index is -0.340. The average Bonchev–Trinajstić information content (AvgIpc) is 2.66. The minimum Gasteiger partial charge on any atom is -0.486 e. The molecule has 0 fully saturated rings. The molecule has 0 atom stereocenters. The summed E-state index contributed by atoms with van der Waals surface area (Å²) < 4.78 is 27.3. The number of carbonyl (C=O) groups excluding carboxylic acids is 1. The minimum absolute atomic E-state index is 0.111. The molecule has 7 heteroatoms. The second-order valence-electron chi connectivity index (χ2n) is 5.92. The number of fused-ring (bicyclic) bond motifs is 2. The summed E-state index contributed by atoms with van der Waals surface area (Å²) in [5, 5.41) is 0.445. The number of hydrogen-bond acceptors (Lipinski definition) is 6. The van der Waals surface area contributed by atoms with Crippen LogP contribution in [0.25, 0.3) is 0 Å². The van der Waals surface area contributed by atoms with E-state index in [0.717, 1.165) is 11.1 Å². The lowest BCUT2D eigenvalue weighted by Gasteiger charge is -2.20. The van der Waals surface area contributed by atoms with Crippen molar-refractivity contribution >= 4 is 17.6 Å². The van der Waals surface area contributed by atoms with Crippen LogP contribution in [0.1, 0.15) is 11.1 Å². The summed E-state index contributed by atoms with van der Waals surface area (Å²) in [5.74, 6) is 2.11. The first-order chi connectivity index (χ1) is 12.7. The largest absolute Gasteiger partial charge is 0.486 e. The van der Waals surface area contributed by atoms with Crippen molar-refractivity contribution in [3.8, 4) is 23.0 Å². The Hall–Kier alpha value is -2.60. The number of esters is 1. The third-order valence-corrected chi connectivity index (χ3v) is 4.29. The molecule has 2 aromatic carbocycles. The van der Waals surface area contributed by atoms with Gasteiger partial charge >= 0.3 is 5.97 Å². The Bertz CT molecular complexity index is 835. The fraction of sp³-hybridized carbons (Fsp3) is 0.316. The van der Waals surface area contributed by atoms with Gasteiger partial charge in [0.1, 0.15) is 33.0 Å². The number of rotatable bonds is 4. The molecule has 0 unspecified atom stereocenters. The summed E-state index contributed by atoms with van der Waals surface area (Å²) >= 11 is 6.19. The van der Waals surface area contributed by atoms with Gasteiger partial charge in [0, 0.05) is 0 Å². The van der Waals surface area contributed by atoms with Crippen LogP contribution in [-0.2, 0) is 22.6 Å². The second-order valence-corrected chi connectivity index (χ2v) is 6.32. The molecule has 0 radical (unpaired) electrons. The smallest absolute Gasteiger partial charge is 0.310 e. The molecule has 0 aliphatic carbocycles. The zero-order chi connectivity index (χ0) is 17.9. The van der Waals surface area contributed by atoms with Gasteiger partial charge in [-0.1, -0.05) is 17.7 Å². The molecule has 2 aliphatic heterocycles. The molecule has 136 valence electrons. The van der Waals surface area contributed by atoms with Crippen LogP contribution in [-0.4, -0.2) is 32.4 Å². The van der Waals surface area contributed by atoms with E-state index in [1.54, 1.807) is 24.3 Å². The van der Waals surface area contributed by atoms with Gasteiger partial charge in [0.2, 0.25) is 0 Å². The molecule has 0 saturated carbocycles. The van der Waals surface area contributed by atoms with Crippen molar-refractivity contribution in [2.75, 3.05) is 26.4 Å². The molecule has 6 nitrogen and oxygen atoms in total. The Labute approximate surface area is 155 Å². The van der Waals surface area contributed by atoms with Crippen molar-refractivity contribution in [1.82, 2.24) is 0 Å². The zero-order valence-electron chi connectivity index (χ0n) is 14.0. The fourth-order valence-corrected chi connectivity index (χ4v) is 3.11. The predicted molar refractivity (Wildman–Crippen MR) is 93.4 cm³/mol. The maximum absolute atomic E-state index is 12.1. The molecule has 0 N–H and O–H groups in total.